The van der Waals surface area contributed by atoms with Crippen molar-refractivity contribution in [2.24, 2.45) is 4.99 Å². The molecule has 0 aromatic carbocycles. The second kappa shape index (κ2) is 5.31. The van der Waals surface area contributed by atoms with Crippen molar-refractivity contribution in [3.8, 4) is 0 Å². The van der Waals surface area contributed by atoms with Crippen LogP contribution >= 0.6 is 0 Å². The molecule has 0 saturated carbocycles. The molecule has 102 valence electrons. The van der Waals surface area contributed by atoms with Crippen LogP contribution in [-0.2, 0) is 4.74 Å². The molecular formula is C11H14N4O4. The minimum atomic E-state index is -1.06. The Kier molecular flexibility index (Phi) is 3.74. The molecule has 0 unspecified atom stereocenters. The zero-order valence-electron chi connectivity index (χ0n) is 10.0. The van der Waals surface area contributed by atoms with Gasteiger partial charge in [0, 0.05) is 18.0 Å². The second-order valence-corrected chi connectivity index (χ2v) is 4.01. The predicted octanol–water partition coefficient (Wildman–Crippen LogP) is -1.34. The van der Waals surface area contributed by atoms with Gasteiger partial charge in [0.1, 0.15) is 18.0 Å². The number of anilines is 1. The van der Waals surface area contributed by atoms with E-state index < -0.39 is 24.1 Å². The van der Waals surface area contributed by atoms with Gasteiger partial charge in [0.25, 0.3) is 0 Å². The van der Waals surface area contributed by atoms with Crippen LogP contribution in [0, 0.1) is 0 Å². The van der Waals surface area contributed by atoms with E-state index in [1.807, 2.05) is 0 Å². The molecule has 3 atom stereocenters. The van der Waals surface area contributed by atoms with Crippen molar-refractivity contribution in [3.05, 3.63) is 34.5 Å². The molecule has 1 saturated heterocycles. The molecule has 1 aliphatic heterocycles. The minimum absolute atomic E-state index is 0.0888. The Bertz CT molecular complexity index is 568. The molecule has 0 bridgehead atoms. The lowest BCUT2D eigenvalue weighted by molar-refractivity contribution is -0.0447. The zero-order valence-corrected chi connectivity index (χ0v) is 10.0. The van der Waals surface area contributed by atoms with Gasteiger partial charge in [-0.15, -0.1) is 0 Å². The van der Waals surface area contributed by atoms with Crippen LogP contribution in [0.5, 0.6) is 0 Å². The van der Waals surface area contributed by atoms with Crippen LogP contribution in [0.1, 0.15) is 6.23 Å². The molecule has 1 aliphatic rings. The summed E-state index contributed by atoms with van der Waals surface area (Å²) in [6, 6.07) is 1.43. The van der Waals surface area contributed by atoms with Crippen LogP contribution in [0.25, 0.3) is 0 Å². The van der Waals surface area contributed by atoms with Crippen molar-refractivity contribution in [1.82, 2.24) is 9.55 Å². The van der Waals surface area contributed by atoms with E-state index in [-0.39, 0.29) is 12.4 Å². The van der Waals surface area contributed by atoms with E-state index in [1.54, 1.807) is 0 Å². The molecule has 1 fully saturated rings. The first-order valence-corrected chi connectivity index (χ1v) is 5.53. The maximum atomic E-state index is 11.8. The van der Waals surface area contributed by atoms with Crippen LogP contribution in [0.2, 0.25) is 0 Å². The molecular weight excluding hydrogens is 252 g/mol. The van der Waals surface area contributed by atoms with E-state index in [4.69, 9.17) is 15.6 Å². The topological polar surface area (TPSA) is 123 Å². The van der Waals surface area contributed by atoms with Gasteiger partial charge in [0.05, 0.1) is 6.61 Å². The Morgan fingerprint density at radius 1 is 1.68 bits per heavy atom. The Morgan fingerprint density at radius 3 is 3.00 bits per heavy atom. The first kappa shape index (κ1) is 13.4. The SMILES string of the molecule is C=N/C=C1/[C@H](n2ccc(N)nc2=O)O[C@H](CO)[C@H]1O. The van der Waals surface area contributed by atoms with Gasteiger partial charge >= 0.3 is 5.69 Å². The molecule has 0 radical (unpaired) electrons. The summed E-state index contributed by atoms with van der Waals surface area (Å²) < 4.78 is 6.58. The average Bonchev–Trinajstić information content (AvgIpc) is 2.68. The molecule has 8 nitrogen and oxygen atoms in total. The molecule has 2 heterocycles. The first-order chi connectivity index (χ1) is 9.08. The summed E-state index contributed by atoms with van der Waals surface area (Å²) >= 11 is 0. The molecule has 0 amide bonds. The fourth-order valence-electron chi connectivity index (χ4n) is 1.90. The van der Waals surface area contributed by atoms with E-state index in [0.717, 1.165) is 4.57 Å². The summed E-state index contributed by atoms with van der Waals surface area (Å²) in [6.45, 7) is 2.91. The monoisotopic (exact) mass is 266 g/mol. The highest BCUT2D eigenvalue weighted by atomic mass is 16.5. The van der Waals surface area contributed by atoms with E-state index >= 15 is 0 Å². The van der Waals surface area contributed by atoms with Gasteiger partial charge in [-0.25, -0.2) is 4.79 Å². The third-order valence-electron chi connectivity index (χ3n) is 2.81. The van der Waals surface area contributed by atoms with Crippen molar-refractivity contribution >= 4 is 12.5 Å². The highest BCUT2D eigenvalue weighted by Gasteiger charge is 2.40. The molecule has 1 aromatic rings. The Hall–Kier alpha value is -2.03. The number of aliphatic imine (C=N–C) groups is 1. The highest BCUT2D eigenvalue weighted by Crippen LogP contribution is 2.33. The van der Waals surface area contributed by atoms with Crippen molar-refractivity contribution < 1.29 is 14.9 Å². The lowest BCUT2D eigenvalue weighted by Gasteiger charge is -2.14. The van der Waals surface area contributed by atoms with Crippen LogP contribution in [-0.4, -0.2) is 45.3 Å². The van der Waals surface area contributed by atoms with Gasteiger partial charge in [-0.3, -0.25) is 9.56 Å². The molecule has 0 aliphatic carbocycles. The van der Waals surface area contributed by atoms with E-state index in [1.165, 1.54) is 18.5 Å². The zero-order chi connectivity index (χ0) is 14.0. The van der Waals surface area contributed by atoms with Crippen molar-refractivity contribution in [1.29, 1.82) is 0 Å². The van der Waals surface area contributed by atoms with Gasteiger partial charge in [-0.1, -0.05) is 0 Å². The molecule has 8 heteroatoms. The second-order valence-electron chi connectivity index (χ2n) is 4.01. The normalized spacial score (nSPS) is 28.7. The molecule has 2 rings (SSSR count). The van der Waals surface area contributed by atoms with Crippen molar-refractivity contribution in [2.75, 3.05) is 12.3 Å². The van der Waals surface area contributed by atoms with Crippen LogP contribution in [0.15, 0.2) is 33.8 Å². The molecule has 19 heavy (non-hydrogen) atoms. The molecule has 0 spiro atoms. The summed E-state index contributed by atoms with van der Waals surface area (Å²) in [4.78, 5) is 18.9. The minimum Gasteiger partial charge on any atom is -0.394 e. The highest BCUT2D eigenvalue weighted by molar-refractivity contribution is 5.29. The third kappa shape index (κ3) is 2.41. The lowest BCUT2D eigenvalue weighted by Crippen LogP contribution is -2.28. The Labute approximate surface area is 108 Å². The van der Waals surface area contributed by atoms with E-state index in [0.29, 0.717) is 5.57 Å². The van der Waals surface area contributed by atoms with Gasteiger partial charge in [-0.05, 0) is 12.8 Å². The number of aliphatic hydroxyl groups excluding tert-OH is 2. The fourth-order valence-corrected chi connectivity index (χ4v) is 1.90. The van der Waals surface area contributed by atoms with Gasteiger partial charge in [-0.2, -0.15) is 4.98 Å². The van der Waals surface area contributed by atoms with Crippen LogP contribution in [0.3, 0.4) is 0 Å². The van der Waals surface area contributed by atoms with E-state index in [9.17, 15) is 9.90 Å². The van der Waals surface area contributed by atoms with Crippen LogP contribution in [0.4, 0.5) is 5.82 Å². The van der Waals surface area contributed by atoms with Crippen LogP contribution < -0.4 is 11.4 Å². The summed E-state index contributed by atoms with van der Waals surface area (Å²) in [6.07, 6.45) is -0.0855. The van der Waals surface area contributed by atoms with Gasteiger partial charge < -0.3 is 20.7 Å². The summed E-state index contributed by atoms with van der Waals surface area (Å²) in [5.41, 5.74) is 5.10. The standard InChI is InChI=1S/C11H14N4O4/c1-13-4-6-9(17)7(5-16)19-10(6)15-3-2-8(12)14-11(15)18/h2-4,7,9-10,16-17H,1,5H2,(H2,12,14,18)/b6-4+/t7-,9+,10-/m1/s1. The number of hydrogen-bond donors (Lipinski definition) is 3. The van der Waals surface area contributed by atoms with Gasteiger partial charge in [0.15, 0.2) is 6.23 Å². The largest absolute Gasteiger partial charge is 0.394 e. The quantitative estimate of drug-likeness (QED) is 0.582. The lowest BCUT2D eigenvalue weighted by atomic mass is 10.1. The maximum absolute atomic E-state index is 11.8. The third-order valence-corrected chi connectivity index (χ3v) is 2.81. The number of nitrogens with two attached hydrogens (primary N) is 1. The van der Waals surface area contributed by atoms with Crippen molar-refractivity contribution in [2.45, 2.75) is 18.4 Å². The fraction of sp³-hybridized carbons (Fsp3) is 0.364. The first-order valence-electron chi connectivity index (χ1n) is 5.53. The Morgan fingerprint density at radius 2 is 2.42 bits per heavy atom. The Balaban J connectivity index is 2.45. The van der Waals surface area contributed by atoms with E-state index in [2.05, 4.69) is 16.7 Å². The number of aromatic nitrogens is 2. The van der Waals surface area contributed by atoms with Gasteiger partial charge in [0.2, 0.25) is 0 Å². The van der Waals surface area contributed by atoms with Crippen molar-refractivity contribution in [3.63, 3.8) is 0 Å². The maximum Gasteiger partial charge on any atom is 0.351 e. The molecule has 4 N–H and O–H groups in total. The smallest absolute Gasteiger partial charge is 0.351 e. The molecule has 1 aromatic heterocycles. The summed E-state index contributed by atoms with van der Waals surface area (Å²) in [7, 11) is 0. The number of nitrogen functional groups attached to an aromatic ring is 1. The summed E-state index contributed by atoms with van der Waals surface area (Å²) in [5.74, 6) is 0.0888. The number of nitrogens with zero attached hydrogens (tertiary/aromatic N) is 3. The predicted molar refractivity (Wildman–Crippen MR) is 67.5 cm³/mol. The number of aliphatic hydroxyl groups is 2. The number of ether oxygens (including phenoxy) is 1. The average molecular weight is 266 g/mol. The summed E-state index contributed by atoms with van der Waals surface area (Å²) in [5, 5.41) is 19.1. The number of hydrogen-bond acceptors (Lipinski definition) is 7. The number of rotatable bonds is 3.